The van der Waals surface area contributed by atoms with E-state index in [1.165, 1.54) is 0 Å². The summed E-state index contributed by atoms with van der Waals surface area (Å²) in [7, 11) is 0. The zero-order valence-corrected chi connectivity index (χ0v) is 8.41. The Hall–Kier alpha value is -1.28. The van der Waals surface area contributed by atoms with E-state index >= 15 is 0 Å². The first kappa shape index (κ1) is 10.8. The van der Waals surface area contributed by atoms with Crippen LogP contribution in [0.15, 0.2) is 43.0 Å². The third-order valence-electron chi connectivity index (χ3n) is 1.80. The fourth-order valence-electron chi connectivity index (χ4n) is 1.13. The van der Waals surface area contributed by atoms with Crippen LogP contribution >= 0.6 is 0 Å². The maximum Gasteiger partial charge on any atom is 0.0644 e. The number of nitrogens with one attached hydrogen (secondary N) is 1. The van der Waals surface area contributed by atoms with Crippen LogP contribution in [-0.2, 0) is 4.74 Å². The molecule has 1 aromatic carbocycles. The van der Waals surface area contributed by atoms with E-state index in [-0.39, 0.29) is 0 Å². The lowest BCUT2D eigenvalue weighted by atomic mass is 10.3. The Balaban J connectivity index is 2.02. The molecule has 1 aromatic rings. The molecule has 14 heavy (non-hydrogen) atoms. The predicted octanol–water partition coefficient (Wildman–Crippen LogP) is 2.69. The van der Waals surface area contributed by atoms with Gasteiger partial charge in [0.2, 0.25) is 0 Å². The summed E-state index contributed by atoms with van der Waals surface area (Å²) in [5.41, 5.74) is 1.16. The van der Waals surface area contributed by atoms with Gasteiger partial charge >= 0.3 is 0 Å². The van der Waals surface area contributed by atoms with Crippen molar-refractivity contribution in [3.8, 4) is 0 Å². The van der Waals surface area contributed by atoms with Crippen molar-refractivity contribution in [2.75, 3.05) is 25.1 Å². The summed E-state index contributed by atoms with van der Waals surface area (Å²) < 4.78 is 5.26. The topological polar surface area (TPSA) is 21.3 Å². The van der Waals surface area contributed by atoms with Crippen molar-refractivity contribution in [1.29, 1.82) is 0 Å². The number of para-hydroxylation sites is 1. The van der Waals surface area contributed by atoms with Crippen molar-refractivity contribution < 1.29 is 4.74 Å². The molecule has 0 radical (unpaired) electrons. The van der Waals surface area contributed by atoms with E-state index in [2.05, 4.69) is 24.0 Å². The molecule has 0 aliphatic rings. The van der Waals surface area contributed by atoms with Gasteiger partial charge in [0.1, 0.15) is 0 Å². The Bertz CT molecular complexity index is 246. The highest BCUT2D eigenvalue weighted by Crippen LogP contribution is 2.04. The van der Waals surface area contributed by atoms with Gasteiger partial charge < -0.3 is 10.1 Å². The van der Waals surface area contributed by atoms with Crippen molar-refractivity contribution in [3.63, 3.8) is 0 Å². The molecule has 0 saturated heterocycles. The second kappa shape index (κ2) is 7.15. The molecule has 0 aliphatic carbocycles. The second-order valence-electron chi connectivity index (χ2n) is 3.01. The molecule has 0 unspecified atom stereocenters. The van der Waals surface area contributed by atoms with E-state index in [0.717, 1.165) is 25.3 Å². The lowest BCUT2D eigenvalue weighted by Crippen LogP contribution is -2.05. The van der Waals surface area contributed by atoms with Crippen LogP contribution in [0.2, 0.25) is 0 Å². The number of rotatable bonds is 7. The van der Waals surface area contributed by atoms with Crippen LogP contribution in [0.4, 0.5) is 5.69 Å². The number of hydrogen-bond acceptors (Lipinski definition) is 2. The molecule has 0 bridgehead atoms. The van der Waals surface area contributed by atoms with Gasteiger partial charge in [0.15, 0.2) is 0 Å². The number of benzene rings is 1. The third-order valence-corrected chi connectivity index (χ3v) is 1.80. The van der Waals surface area contributed by atoms with E-state index in [4.69, 9.17) is 4.74 Å². The zero-order valence-electron chi connectivity index (χ0n) is 8.41. The van der Waals surface area contributed by atoms with E-state index in [9.17, 15) is 0 Å². The molecule has 2 heteroatoms. The lowest BCUT2D eigenvalue weighted by molar-refractivity contribution is 0.162. The Morgan fingerprint density at radius 2 is 2.07 bits per heavy atom. The minimum atomic E-state index is 0.644. The summed E-state index contributed by atoms with van der Waals surface area (Å²) in [5.74, 6) is 0. The average molecular weight is 191 g/mol. The molecule has 0 saturated carbocycles. The second-order valence-corrected chi connectivity index (χ2v) is 3.01. The van der Waals surface area contributed by atoms with E-state index in [1.54, 1.807) is 6.08 Å². The van der Waals surface area contributed by atoms with Crippen LogP contribution < -0.4 is 5.32 Å². The zero-order chi connectivity index (χ0) is 10.1. The fraction of sp³-hybridized carbons (Fsp3) is 0.333. The van der Waals surface area contributed by atoms with Gasteiger partial charge in [-0.05, 0) is 18.6 Å². The Kier molecular flexibility index (Phi) is 5.52. The first-order valence-electron chi connectivity index (χ1n) is 4.91. The van der Waals surface area contributed by atoms with Crippen LogP contribution in [0.25, 0.3) is 0 Å². The smallest absolute Gasteiger partial charge is 0.0644 e. The van der Waals surface area contributed by atoms with Gasteiger partial charge in [-0.2, -0.15) is 0 Å². The monoisotopic (exact) mass is 191 g/mol. The fourth-order valence-corrected chi connectivity index (χ4v) is 1.13. The van der Waals surface area contributed by atoms with E-state index in [1.807, 2.05) is 18.2 Å². The predicted molar refractivity (Wildman–Crippen MR) is 60.6 cm³/mol. The normalized spacial score (nSPS) is 9.71. The van der Waals surface area contributed by atoms with Crippen LogP contribution in [-0.4, -0.2) is 19.8 Å². The van der Waals surface area contributed by atoms with E-state index in [0.29, 0.717) is 6.61 Å². The van der Waals surface area contributed by atoms with Crippen molar-refractivity contribution in [2.45, 2.75) is 6.42 Å². The summed E-state index contributed by atoms with van der Waals surface area (Å²) in [5, 5.41) is 3.32. The molecule has 0 atom stereocenters. The Morgan fingerprint density at radius 3 is 2.79 bits per heavy atom. The molecule has 0 fully saturated rings. The highest BCUT2D eigenvalue weighted by molar-refractivity contribution is 5.42. The Labute approximate surface area is 85.6 Å². The van der Waals surface area contributed by atoms with Gasteiger partial charge in [-0.3, -0.25) is 0 Å². The molecule has 1 rings (SSSR count). The van der Waals surface area contributed by atoms with Crippen molar-refractivity contribution in [2.24, 2.45) is 0 Å². The number of ether oxygens (including phenoxy) is 1. The van der Waals surface area contributed by atoms with Gasteiger partial charge in [0.05, 0.1) is 6.61 Å². The highest BCUT2D eigenvalue weighted by Gasteiger charge is 1.89. The summed E-state index contributed by atoms with van der Waals surface area (Å²) in [6.45, 7) is 5.96. The standard InChI is InChI=1S/C12H17NO/c1-2-10-14-11-6-9-13-12-7-4-3-5-8-12/h2-5,7-8,13H,1,6,9-11H2. The van der Waals surface area contributed by atoms with Crippen LogP contribution in [0, 0.1) is 0 Å². The van der Waals surface area contributed by atoms with Crippen LogP contribution in [0.3, 0.4) is 0 Å². The molecular weight excluding hydrogens is 174 g/mol. The number of anilines is 1. The van der Waals surface area contributed by atoms with Crippen LogP contribution in [0.1, 0.15) is 6.42 Å². The first-order valence-corrected chi connectivity index (χ1v) is 4.91. The molecule has 0 aliphatic heterocycles. The highest BCUT2D eigenvalue weighted by atomic mass is 16.5. The summed E-state index contributed by atoms with van der Waals surface area (Å²) in [4.78, 5) is 0. The quantitative estimate of drug-likeness (QED) is 0.528. The Morgan fingerprint density at radius 1 is 1.29 bits per heavy atom. The van der Waals surface area contributed by atoms with Gasteiger partial charge in [-0.1, -0.05) is 24.3 Å². The van der Waals surface area contributed by atoms with Crippen molar-refractivity contribution in [3.05, 3.63) is 43.0 Å². The molecule has 76 valence electrons. The average Bonchev–Trinajstić information content (AvgIpc) is 2.25. The maximum atomic E-state index is 5.26. The number of hydrogen-bond donors (Lipinski definition) is 1. The minimum absolute atomic E-state index is 0.644. The molecule has 2 nitrogen and oxygen atoms in total. The summed E-state index contributed by atoms with van der Waals surface area (Å²) >= 11 is 0. The molecule has 0 amide bonds. The SMILES string of the molecule is C=CCOCCCNc1ccccc1. The lowest BCUT2D eigenvalue weighted by Gasteiger charge is -2.05. The van der Waals surface area contributed by atoms with Gasteiger partial charge in [-0.25, -0.2) is 0 Å². The summed E-state index contributed by atoms with van der Waals surface area (Å²) in [6.07, 6.45) is 2.79. The molecule has 0 aromatic heterocycles. The van der Waals surface area contributed by atoms with Crippen molar-refractivity contribution >= 4 is 5.69 Å². The maximum absolute atomic E-state index is 5.26. The van der Waals surface area contributed by atoms with Crippen molar-refractivity contribution in [1.82, 2.24) is 0 Å². The molecule has 0 spiro atoms. The molecule has 1 N–H and O–H groups in total. The molecular formula is C12H17NO. The third kappa shape index (κ3) is 4.67. The largest absolute Gasteiger partial charge is 0.385 e. The minimum Gasteiger partial charge on any atom is -0.385 e. The van der Waals surface area contributed by atoms with E-state index < -0.39 is 0 Å². The molecule has 0 heterocycles. The van der Waals surface area contributed by atoms with Gasteiger partial charge in [0.25, 0.3) is 0 Å². The van der Waals surface area contributed by atoms with Gasteiger partial charge in [-0.15, -0.1) is 6.58 Å². The van der Waals surface area contributed by atoms with Gasteiger partial charge in [0, 0.05) is 18.8 Å². The first-order chi connectivity index (χ1) is 6.93. The van der Waals surface area contributed by atoms with Crippen LogP contribution in [0.5, 0.6) is 0 Å². The summed E-state index contributed by atoms with van der Waals surface area (Å²) in [6, 6.07) is 10.2.